The van der Waals surface area contributed by atoms with Gasteiger partial charge in [-0.25, -0.2) is 4.79 Å². The van der Waals surface area contributed by atoms with Crippen molar-refractivity contribution >= 4 is 5.97 Å². The number of esters is 1. The second kappa shape index (κ2) is 11.4. The molecule has 32 heavy (non-hydrogen) atoms. The SMILES string of the molecule is N#Cc1ccc(-c2ccc(OCCCCCCOC(=O)c3cc(O)ccc3O)cc2)cc1. The molecule has 0 radical (unpaired) electrons. The molecular formula is C26H25NO5. The number of unbranched alkanes of at least 4 members (excludes halogenated alkanes) is 3. The smallest absolute Gasteiger partial charge is 0.342 e. The molecule has 0 bridgehead atoms. The first-order chi connectivity index (χ1) is 15.6. The molecular weight excluding hydrogens is 406 g/mol. The van der Waals surface area contributed by atoms with Crippen molar-refractivity contribution in [3.8, 4) is 34.4 Å². The van der Waals surface area contributed by atoms with Gasteiger partial charge in [-0.1, -0.05) is 24.3 Å². The third-order valence-corrected chi connectivity index (χ3v) is 4.94. The average Bonchev–Trinajstić information content (AvgIpc) is 2.82. The van der Waals surface area contributed by atoms with Crippen LogP contribution in [0.25, 0.3) is 11.1 Å². The third-order valence-electron chi connectivity index (χ3n) is 4.94. The molecule has 2 N–H and O–H groups in total. The van der Waals surface area contributed by atoms with E-state index < -0.39 is 5.97 Å². The van der Waals surface area contributed by atoms with Gasteiger partial charge < -0.3 is 19.7 Å². The zero-order chi connectivity index (χ0) is 22.8. The second-order valence-electron chi connectivity index (χ2n) is 7.31. The molecule has 0 aliphatic heterocycles. The van der Waals surface area contributed by atoms with Crippen molar-refractivity contribution in [2.24, 2.45) is 0 Å². The molecule has 0 fully saturated rings. The Morgan fingerprint density at radius 2 is 1.44 bits per heavy atom. The van der Waals surface area contributed by atoms with Crippen LogP contribution in [-0.4, -0.2) is 29.4 Å². The molecule has 3 aromatic carbocycles. The van der Waals surface area contributed by atoms with E-state index in [4.69, 9.17) is 14.7 Å². The first-order valence-corrected chi connectivity index (χ1v) is 10.5. The number of carbonyl (C=O) groups excluding carboxylic acids is 1. The van der Waals surface area contributed by atoms with Crippen LogP contribution in [0.15, 0.2) is 66.7 Å². The topological polar surface area (TPSA) is 99.8 Å². The fourth-order valence-electron chi connectivity index (χ4n) is 3.16. The Bertz CT molecular complexity index is 1070. The van der Waals surface area contributed by atoms with Crippen molar-refractivity contribution in [3.63, 3.8) is 0 Å². The highest BCUT2D eigenvalue weighted by molar-refractivity contribution is 5.92. The van der Waals surface area contributed by atoms with Gasteiger partial charge in [0.15, 0.2) is 0 Å². The molecule has 0 saturated carbocycles. The summed E-state index contributed by atoms with van der Waals surface area (Å²) in [5.41, 5.74) is 2.72. The zero-order valence-corrected chi connectivity index (χ0v) is 17.7. The molecule has 3 aromatic rings. The summed E-state index contributed by atoms with van der Waals surface area (Å²) >= 11 is 0. The standard InChI is InChI=1S/C26H25NO5/c27-18-19-5-7-20(8-6-19)21-9-12-23(13-10-21)31-15-3-1-2-4-16-32-26(30)24-17-22(28)11-14-25(24)29/h5-14,17,28-29H,1-4,15-16H2. The number of hydrogen-bond acceptors (Lipinski definition) is 6. The Hall–Kier alpha value is -3.98. The summed E-state index contributed by atoms with van der Waals surface area (Å²) in [5.74, 6) is -0.151. The van der Waals surface area contributed by atoms with E-state index in [0.29, 0.717) is 18.6 Å². The van der Waals surface area contributed by atoms with Gasteiger partial charge in [0.2, 0.25) is 0 Å². The summed E-state index contributed by atoms with van der Waals surface area (Å²) in [6, 6.07) is 21.2. The van der Waals surface area contributed by atoms with Gasteiger partial charge in [0, 0.05) is 0 Å². The number of phenols is 2. The zero-order valence-electron chi connectivity index (χ0n) is 17.7. The Morgan fingerprint density at radius 3 is 2.09 bits per heavy atom. The van der Waals surface area contributed by atoms with E-state index in [0.717, 1.165) is 36.1 Å². The Balaban J connectivity index is 1.30. The maximum atomic E-state index is 11.9. The molecule has 0 saturated heterocycles. The first-order valence-electron chi connectivity index (χ1n) is 10.5. The molecule has 0 aliphatic carbocycles. The highest BCUT2D eigenvalue weighted by Crippen LogP contribution is 2.24. The van der Waals surface area contributed by atoms with Crippen molar-refractivity contribution in [3.05, 3.63) is 77.9 Å². The molecule has 0 unspecified atom stereocenters. The van der Waals surface area contributed by atoms with Crippen molar-refractivity contribution in [1.82, 2.24) is 0 Å². The van der Waals surface area contributed by atoms with Crippen LogP contribution in [0, 0.1) is 11.3 Å². The maximum Gasteiger partial charge on any atom is 0.342 e. The van der Waals surface area contributed by atoms with E-state index in [1.807, 2.05) is 36.4 Å². The normalized spacial score (nSPS) is 10.3. The Kier molecular flexibility index (Phi) is 8.10. The van der Waals surface area contributed by atoms with E-state index in [1.54, 1.807) is 12.1 Å². The van der Waals surface area contributed by atoms with Gasteiger partial charge in [-0.15, -0.1) is 0 Å². The largest absolute Gasteiger partial charge is 0.508 e. The fraction of sp³-hybridized carbons (Fsp3) is 0.231. The van der Waals surface area contributed by atoms with Crippen LogP contribution >= 0.6 is 0 Å². The van der Waals surface area contributed by atoms with Gasteiger partial charge in [0.05, 0.1) is 24.8 Å². The summed E-state index contributed by atoms with van der Waals surface area (Å²) in [5, 5.41) is 27.9. The molecule has 0 aromatic heterocycles. The van der Waals surface area contributed by atoms with E-state index in [1.165, 1.54) is 18.2 Å². The molecule has 0 atom stereocenters. The molecule has 0 aliphatic rings. The van der Waals surface area contributed by atoms with Crippen LogP contribution in [0.5, 0.6) is 17.2 Å². The monoisotopic (exact) mass is 431 g/mol. The fourth-order valence-corrected chi connectivity index (χ4v) is 3.16. The molecule has 0 amide bonds. The van der Waals surface area contributed by atoms with Gasteiger partial charge in [0.1, 0.15) is 22.8 Å². The van der Waals surface area contributed by atoms with Gasteiger partial charge in [-0.3, -0.25) is 0 Å². The van der Waals surface area contributed by atoms with Crippen molar-refractivity contribution in [1.29, 1.82) is 5.26 Å². The predicted octanol–water partition coefficient (Wildman–Crippen LogP) is 5.43. The highest BCUT2D eigenvalue weighted by Gasteiger charge is 2.13. The molecule has 164 valence electrons. The number of ether oxygens (including phenoxy) is 2. The lowest BCUT2D eigenvalue weighted by molar-refractivity contribution is 0.0493. The van der Waals surface area contributed by atoms with Crippen molar-refractivity contribution in [2.75, 3.05) is 13.2 Å². The van der Waals surface area contributed by atoms with Gasteiger partial charge >= 0.3 is 5.97 Å². The number of carbonyl (C=O) groups is 1. The number of hydrogen-bond donors (Lipinski definition) is 2. The van der Waals surface area contributed by atoms with E-state index in [9.17, 15) is 15.0 Å². The van der Waals surface area contributed by atoms with Crippen LogP contribution in [0.4, 0.5) is 0 Å². The number of rotatable bonds is 10. The summed E-state index contributed by atoms with van der Waals surface area (Å²) in [4.78, 5) is 11.9. The summed E-state index contributed by atoms with van der Waals surface area (Å²) in [6.07, 6.45) is 3.43. The van der Waals surface area contributed by atoms with E-state index >= 15 is 0 Å². The minimum Gasteiger partial charge on any atom is -0.508 e. The number of nitriles is 1. The predicted molar refractivity (Wildman–Crippen MR) is 121 cm³/mol. The van der Waals surface area contributed by atoms with Crippen LogP contribution in [-0.2, 0) is 4.74 Å². The molecule has 0 heterocycles. The van der Waals surface area contributed by atoms with Gasteiger partial charge in [0.25, 0.3) is 0 Å². The second-order valence-corrected chi connectivity index (χ2v) is 7.31. The van der Waals surface area contributed by atoms with Crippen molar-refractivity contribution < 1.29 is 24.5 Å². The Morgan fingerprint density at radius 1 is 0.812 bits per heavy atom. The average molecular weight is 431 g/mol. The number of aromatic hydroxyl groups is 2. The number of benzene rings is 3. The highest BCUT2D eigenvalue weighted by atomic mass is 16.5. The summed E-state index contributed by atoms with van der Waals surface area (Å²) in [6.45, 7) is 0.860. The molecule has 6 heteroatoms. The summed E-state index contributed by atoms with van der Waals surface area (Å²) < 4.78 is 10.9. The van der Waals surface area contributed by atoms with E-state index in [-0.39, 0.29) is 23.7 Å². The Labute approximate surface area is 187 Å². The lowest BCUT2D eigenvalue weighted by atomic mass is 10.0. The van der Waals surface area contributed by atoms with Crippen LogP contribution in [0.3, 0.4) is 0 Å². The molecule has 6 nitrogen and oxygen atoms in total. The van der Waals surface area contributed by atoms with Crippen LogP contribution in [0.1, 0.15) is 41.6 Å². The maximum absolute atomic E-state index is 11.9. The van der Waals surface area contributed by atoms with Crippen molar-refractivity contribution in [2.45, 2.75) is 25.7 Å². The summed E-state index contributed by atoms with van der Waals surface area (Å²) in [7, 11) is 0. The van der Waals surface area contributed by atoms with Crippen LogP contribution < -0.4 is 4.74 Å². The molecule has 3 rings (SSSR count). The first kappa shape index (κ1) is 22.7. The van der Waals surface area contributed by atoms with Gasteiger partial charge in [-0.05, 0) is 79.3 Å². The third kappa shape index (κ3) is 6.51. The molecule has 0 spiro atoms. The minimum absolute atomic E-state index is 0.0383. The lowest BCUT2D eigenvalue weighted by Crippen LogP contribution is -2.07. The number of nitrogens with zero attached hydrogens (tertiary/aromatic N) is 1. The van der Waals surface area contributed by atoms with Crippen LogP contribution in [0.2, 0.25) is 0 Å². The van der Waals surface area contributed by atoms with Gasteiger partial charge in [-0.2, -0.15) is 5.26 Å². The number of phenolic OH excluding ortho intramolecular Hbond substituents is 2. The minimum atomic E-state index is -0.647. The lowest BCUT2D eigenvalue weighted by Gasteiger charge is -2.08. The van der Waals surface area contributed by atoms with E-state index in [2.05, 4.69) is 6.07 Å². The quantitative estimate of drug-likeness (QED) is 0.252.